The standard InChI is InChI=1S/C14H21NO4S/c1-10(11-6-8-12(16)9-7-11)15(4)13(17)14(2,3)20(5,18)19/h6-10,16H,1-5H3. The first-order chi connectivity index (χ1) is 8.98. The third kappa shape index (κ3) is 3.12. The second kappa shape index (κ2) is 5.44. The van der Waals surface area contributed by atoms with Crippen LogP contribution in [-0.4, -0.2) is 42.4 Å². The van der Waals surface area contributed by atoms with E-state index >= 15 is 0 Å². The van der Waals surface area contributed by atoms with Gasteiger partial charge in [0.1, 0.15) is 10.5 Å². The zero-order chi connectivity index (χ0) is 15.7. The fraction of sp³-hybridized carbons (Fsp3) is 0.500. The first kappa shape index (κ1) is 16.5. The predicted molar refractivity (Wildman–Crippen MR) is 78.2 cm³/mol. The average molecular weight is 299 g/mol. The Bertz CT molecular complexity index is 590. The summed E-state index contributed by atoms with van der Waals surface area (Å²) in [5.41, 5.74) is 0.822. The van der Waals surface area contributed by atoms with Crippen LogP contribution in [0.3, 0.4) is 0 Å². The van der Waals surface area contributed by atoms with Crippen LogP contribution in [0.2, 0.25) is 0 Å². The van der Waals surface area contributed by atoms with E-state index in [0.717, 1.165) is 11.8 Å². The highest BCUT2D eigenvalue weighted by atomic mass is 32.2. The first-order valence-corrected chi connectivity index (χ1v) is 8.13. The van der Waals surface area contributed by atoms with Gasteiger partial charge in [-0.1, -0.05) is 12.1 Å². The van der Waals surface area contributed by atoms with E-state index < -0.39 is 20.5 Å². The van der Waals surface area contributed by atoms with Crippen molar-refractivity contribution in [1.29, 1.82) is 0 Å². The van der Waals surface area contributed by atoms with Gasteiger partial charge in [0.2, 0.25) is 5.91 Å². The van der Waals surface area contributed by atoms with E-state index in [1.54, 1.807) is 19.2 Å². The van der Waals surface area contributed by atoms with Crippen LogP contribution in [0.15, 0.2) is 24.3 Å². The summed E-state index contributed by atoms with van der Waals surface area (Å²) in [6.45, 7) is 4.62. The molecule has 0 saturated carbocycles. The van der Waals surface area contributed by atoms with Gasteiger partial charge in [-0.3, -0.25) is 4.79 Å². The quantitative estimate of drug-likeness (QED) is 0.919. The summed E-state index contributed by atoms with van der Waals surface area (Å²) in [5, 5.41) is 9.26. The van der Waals surface area contributed by atoms with Gasteiger partial charge < -0.3 is 10.0 Å². The van der Waals surface area contributed by atoms with Gasteiger partial charge in [-0.05, 0) is 38.5 Å². The lowest BCUT2D eigenvalue weighted by Crippen LogP contribution is -2.48. The largest absolute Gasteiger partial charge is 0.508 e. The van der Waals surface area contributed by atoms with Crippen molar-refractivity contribution in [3.63, 3.8) is 0 Å². The van der Waals surface area contributed by atoms with Gasteiger partial charge in [-0.2, -0.15) is 0 Å². The van der Waals surface area contributed by atoms with Crippen molar-refractivity contribution in [3.05, 3.63) is 29.8 Å². The third-order valence-electron chi connectivity index (χ3n) is 3.72. The van der Waals surface area contributed by atoms with Gasteiger partial charge in [-0.15, -0.1) is 0 Å². The van der Waals surface area contributed by atoms with Crippen LogP contribution in [0.1, 0.15) is 32.4 Å². The molecule has 1 N–H and O–H groups in total. The van der Waals surface area contributed by atoms with Gasteiger partial charge in [-0.25, -0.2) is 8.42 Å². The maximum absolute atomic E-state index is 12.4. The molecule has 20 heavy (non-hydrogen) atoms. The Hall–Kier alpha value is -1.56. The van der Waals surface area contributed by atoms with E-state index in [0.29, 0.717) is 0 Å². The number of amides is 1. The van der Waals surface area contributed by atoms with Crippen LogP contribution in [0.5, 0.6) is 5.75 Å². The Balaban J connectivity index is 3.03. The van der Waals surface area contributed by atoms with Crippen LogP contribution in [0.4, 0.5) is 0 Å². The van der Waals surface area contributed by atoms with Crippen molar-refractivity contribution in [2.24, 2.45) is 0 Å². The summed E-state index contributed by atoms with van der Waals surface area (Å²) in [4.78, 5) is 13.8. The second-order valence-electron chi connectivity index (χ2n) is 5.47. The smallest absolute Gasteiger partial charge is 0.243 e. The van der Waals surface area contributed by atoms with Gasteiger partial charge in [0.15, 0.2) is 9.84 Å². The fourth-order valence-electron chi connectivity index (χ4n) is 1.74. The molecule has 0 saturated heterocycles. The van der Waals surface area contributed by atoms with Crippen molar-refractivity contribution in [3.8, 4) is 5.75 Å². The van der Waals surface area contributed by atoms with Crippen LogP contribution in [0, 0.1) is 0 Å². The number of carbonyl (C=O) groups excluding carboxylic acids is 1. The van der Waals surface area contributed by atoms with Crippen LogP contribution < -0.4 is 0 Å². The number of benzene rings is 1. The van der Waals surface area contributed by atoms with E-state index in [4.69, 9.17) is 0 Å². The molecule has 1 amide bonds. The molecule has 0 spiro atoms. The summed E-state index contributed by atoms with van der Waals surface area (Å²) in [6.07, 6.45) is 1.06. The van der Waals surface area contributed by atoms with Crippen molar-refractivity contribution in [2.45, 2.75) is 31.6 Å². The SMILES string of the molecule is CC(c1ccc(O)cc1)N(C)C(=O)C(C)(C)S(C)(=O)=O. The Morgan fingerprint density at radius 3 is 2.10 bits per heavy atom. The molecule has 5 nitrogen and oxygen atoms in total. The van der Waals surface area contributed by atoms with Crippen LogP contribution in [-0.2, 0) is 14.6 Å². The molecular weight excluding hydrogens is 278 g/mol. The molecule has 1 aromatic carbocycles. The lowest BCUT2D eigenvalue weighted by molar-refractivity contribution is -0.133. The molecule has 1 rings (SSSR count). The summed E-state index contributed by atoms with van der Waals surface area (Å²) >= 11 is 0. The van der Waals surface area contributed by atoms with E-state index in [-0.39, 0.29) is 11.8 Å². The zero-order valence-corrected chi connectivity index (χ0v) is 13.2. The van der Waals surface area contributed by atoms with E-state index in [1.165, 1.54) is 30.9 Å². The topological polar surface area (TPSA) is 74.7 Å². The predicted octanol–water partition coefficient (Wildman–Crippen LogP) is 1.73. The number of aromatic hydroxyl groups is 1. The normalized spacial score (nSPS) is 13.8. The average Bonchev–Trinajstić information content (AvgIpc) is 2.35. The molecule has 0 aliphatic rings. The van der Waals surface area contributed by atoms with Gasteiger partial charge in [0.05, 0.1) is 6.04 Å². The summed E-state index contributed by atoms with van der Waals surface area (Å²) in [5.74, 6) is -0.313. The Morgan fingerprint density at radius 2 is 1.70 bits per heavy atom. The monoisotopic (exact) mass is 299 g/mol. The molecule has 112 valence electrons. The molecule has 1 atom stereocenters. The molecule has 0 fully saturated rings. The molecule has 0 heterocycles. The molecule has 0 aliphatic heterocycles. The summed E-state index contributed by atoms with van der Waals surface area (Å²) < 4.78 is 22.0. The van der Waals surface area contributed by atoms with Gasteiger partial charge in [0.25, 0.3) is 0 Å². The maximum Gasteiger partial charge on any atom is 0.243 e. The summed E-state index contributed by atoms with van der Waals surface area (Å²) in [7, 11) is -1.92. The van der Waals surface area contributed by atoms with Crippen molar-refractivity contribution < 1.29 is 18.3 Å². The number of nitrogens with zero attached hydrogens (tertiary/aromatic N) is 1. The Kier molecular flexibility index (Phi) is 4.49. The zero-order valence-electron chi connectivity index (χ0n) is 12.4. The number of rotatable bonds is 4. The number of sulfone groups is 1. The Labute approximate surface area is 120 Å². The van der Waals surface area contributed by atoms with Crippen molar-refractivity contribution >= 4 is 15.7 Å². The molecule has 0 aromatic heterocycles. The third-order valence-corrected chi connectivity index (χ3v) is 5.75. The van der Waals surface area contributed by atoms with Crippen molar-refractivity contribution in [1.82, 2.24) is 4.90 Å². The fourth-order valence-corrected chi connectivity index (χ4v) is 2.20. The lowest BCUT2D eigenvalue weighted by atomic mass is 10.1. The molecule has 6 heteroatoms. The van der Waals surface area contributed by atoms with Gasteiger partial charge in [0, 0.05) is 13.3 Å². The number of hydrogen-bond donors (Lipinski definition) is 1. The molecule has 1 unspecified atom stereocenters. The van der Waals surface area contributed by atoms with Crippen LogP contribution in [0.25, 0.3) is 0 Å². The Morgan fingerprint density at radius 1 is 1.25 bits per heavy atom. The second-order valence-corrected chi connectivity index (χ2v) is 8.03. The molecule has 0 aliphatic carbocycles. The minimum atomic E-state index is -3.50. The van der Waals surface area contributed by atoms with Crippen molar-refractivity contribution in [2.75, 3.05) is 13.3 Å². The summed E-state index contributed by atoms with van der Waals surface area (Å²) in [6, 6.07) is 6.19. The number of phenolic OH excluding ortho intramolecular Hbond substituents is 1. The highest BCUT2D eigenvalue weighted by molar-refractivity contribution is 7.92. The molecule has 0 radical (unpaired) electrons. The first-order valence-electron chi connectivity index (χ1n) is 6.24. The molecule has 1 aromatic rings. The molecule has 0 bridgehead atoms. The van der Waals surface area contributed by atoms with Crippen LogP contribution >= 0.6 is 0 Å². The molecular formula is C14H21NO4S. The lowest BCUT2D eigenvalue weighted by Gasteiger charge is -2.32. The van der Waals surface area contributed by atoms with E-state index in [1.807, 2.05) is 6.92 Å². The number of phenols is 1. The number of hydrogen-bond acceptors (Lipinski definition) is 4. The number of carbonyl (C=O) groups is 1. The van der Waals surface area contributed by atoms with Gasteiger partial charge >= 0.3 is 0 Å². The van der Waals surface area contributed by atoms with E-state index in [9.17, 15) is 18.3 Å². The maximum atomic E-state index is 12.4. The van der Waals surface area contributed by atoms with E-state index in [2.05, 4.69) is 0 Å². The highest BCUT2D eigenvalue weighted by Crippen LogP contribution is 2.26. The highest BCUT2D eigenvalue weighted by Gasteiger charge is 2.41. The minimum absolute atomic E-state index is 0.145. The minimum Gasteiger partial charge on any atom is -0.508 e.